The third-order valence-corrected chi connectivity index (χ3v) is 5.33. The van der Waals surface area contributed by atoms with Crippen LogP contribution in [0.15, 0.2) is 79.3 Å². The molecule has 1 fully saturated rings. The van der Waals surface area contributed by atoms with E-state index >= 15 is 0 Å². The standard InChI is InChI=1S/C23H22N6/c1-3-7-18(8-4-1)20-15-21(19-9-5-2-6-10-19)26-27-23(20)29-13-11-28(12-14-29)22-16-24-17-25-22/h1-10,15-17H,11-14H2,(H,24,25). The van der Waals surface area contributed by atoms with Crippen LogP contribution in [0.5, 0.6) is 0 Å². The molecule has 1 N–H and O–H groups in total. The van der Waals surface area contributed by atoms with Crippen molar-refractivity contribution in [3.63, 3.8) is 0 Å². The molecular formula is C23H22N6. The van der Waals surface area contributed by atoms with Crippen molar-refractivity contribution in [1.29, 1.82) is 0 Å². The molecule has 0 bridgehead atoms. The minimum Gasteiger partial charge on any atom is -0.353 e. The molecule has 1 aliphatic rings. The van der Waals surface area contributed by atoms with Gasteiger partial charge in [-0.15, -0.1) is 10.2 Å². The van der Waals surface area contributed by atoms with Gasteiger partial charge in [-0.3, -0.25) is 0 Å². The van der Waals surface area contributed by atoms with Gasteiger partial charge >= 0.3 is 0 Å². The first kappa shape index (κ1) is 17.4. The lowest BCUT2D eigenvalue weighted by Gasteiger charge is -2.36. The van der Waals surface area contributed by atoms with Gasteiger partial charge in [-0.1, -0.05) is 60.7 Å². The molecule has 3 heterocycles. The fourth-order valence-electron chi connectivity index (χ4n) is 3.78. The van der Waals surface area contributed by atoms with Gasteiger partial charge in [-0.05, 0) is 11.6 Å². The van der Waals surface area contributed by atoms with Crippen molar-refractivity contribution < 1.29 is 0 Å². The second kappa shape index (κ2) is 7.75. The van der Waals surface area contributed by atoms with Crippen LogP contribution >= 0.6 is 0 Å². The third kappa shape index (κ3) is 3.57. The summed E-state index contributed by atoms with van der Waals surface area (Å²) < 4.78 is 0. The highest BCUT2D eigenvalue weighted by atomic mass is 15.3. The molecule has 1 saturated heterocycles. The topological polar surface area (TPSA) is 60.9 Å². The number of hydrogen-bond donors (Lipinski definition) is 1. The molecule has 0 atom stereocenters. The van der Waals surface area contributed by atoms with E-state index in [9.17, 15) is 0 Å². The van der Waals surface area contributed by atoms with Gasteiger partial charge in [0.15, 0.2) is 5.82 Å². The Hall–Kier alpha value is -3.67. The van der Waals surface area contributed by atoms with E-state index in [1.807, 2.05) is 30.5 Å². The summed E-state index contributed by atoms with van der Waals surface area (Å²) in [6, 6.07) is 22.8. The van der Waals surface area contributed by atoms with Gasteiger partial charge in [-0.25, -0.2) is 4.98 Å². The van der Waals surface area contributed by atoms with Crippen LogP contribution in [0.3, 0.4) is 0 Å². The minimum absolute atomic E-state index is 0.887. The Kier molecular flexibility index (Phi) is 4.66. The molecule has 2 aromatic carbocycles. The van der Waals surface area contributed by atoms with Crippen LogP contribution in [0.25, 0.3) is 22.4 Å². The van der Waals surface area contributed by atoms with Gasteiger partial charge in [0.2, 0.25) is 0 Å². The van der Waals surface area contributed by atoms with Crippen LogP contribution in [0, 0.1) is 0 Å². The molecule has 0 spiro atoms. The van der Waals surface area contributed by atoms with Crippen LogP contribution in [-0.4, -0.2) is 46.3 Å². The second-order valence-electron chi connectivity index (χ2n) is 7.11. The smallest absolute Gasteiger partial charge is 0.159 e. The van der Waals surface area contributed by atoms with Crippen molar-refractivity contribution in [2.75, 3.05) is 36.0 Å². The van der Waals surface area contributed by atoms with E-state index in [4.69, 9.17) is 0 Å². The van der Waals surface area contributed by atoms with Crippen molar-refractivity contribution in [3.05, 3.63) is 79.3 Å². The first-order valence-electron chi connectivity index (χ1n) is 9.85. The van der Waals surface area contributed by atoms with Crippen molar-refractivity contribution in [2.45, 2.75) is 0 Å². The first-order valence-corrected chi connectivity index (χ1v) is 9.85. The number of piperazine rings is 1. The Morgan fingerprint density at radius 3 is 2.03 bits per heavy atom. The average molecular weight is 382 g/mol. The zero-order valence-electron chi connectivity index (χ0n) is 16.1. The summed E-state index contributed by atoms with van der Waals surface area (Å²) in [6.45, 7) is 3.60. The maximum Gasteiger partial charge on any atom is 0.159 e. The minimum atomic E-state index is 0.887. The van der Waals surface area contributed by atoms with Crippen molar-refractivity contribution in [1.82, 2.24) is 20.2 Å². The molecule has 1 aliphatic heterocycles. The van der Waals surface area contributed by atoms with Crippen molar-refractivity contribution >= 4 is 11.6 Å². The normalized spacial score (nSPS) is 14.2. The number of imidazole rings is 1. The Morgan fingerprint density at radius 2 is 1.38 bits per heavy atom. The maximum atomic E-state index is 4.68. The summed E-state index contributed by atoms with van der Waals surface area (Å²) in [5, 5.41) is 9.24. The zero-order valence-corrected chi connectivity index (χ0v) is 16.1. The van der Waals surface area contributed by atoms with Crippen LogP contribution in [0.2, 0.25) is 0 Å². The Balaban J connectivity index is 1.48. The van der Waals surface area contributed by atoms with Gasteiger partial charge < -0.3 is 14.8 Å². The predicted octanol–water partition coefficient (Wildman–Crippen LogP) is 3.86. The number of anilines is 2. The van der Waals surface area contributed by atoms with E-state index in [0.717, 1.165) is 60.2 Å². The lowest BCUT2D eigenvalue weighted by Crippen LogP contribution is -2.47. The molecule has 0 amide bonds. The molecule has 144 valence electrons. The summed E-state index contributed by atoms with van der Waals surface area (Å²) in [5.74, 6) is 2.01. The van der Waals surface area contributed by atoms with Crippen LogP contribution in [0.4, 0.5) is 11.6 Å². The molecule has 0 radical (unpaired) electrons. The molecule has 6 nitrogen and oxygen atoms in total. The van der Waals surface area contributed by atoms with Gasteiger partial charge in [0.25, 0.3) is 0 Å². The molecule has 0 unspecified atom stereocenters. The highest BCUT2D eigenvalue weighted by molar-refractivity contribution is 5.79. The SMILES string of the molecule is c1ccc(-c2cc(-c3ccccc3)c(N3CCN(c4cnc[nH]4)CC3)nn2)cc1. The van der Waals surface area contributed by atoms with Crippen LogP contribution in [0.1, 0.15) is 0 Å². The molecule has 2 aromatic heterocycles. The van der Waals surface area contributed by atoms with E-state index < -0.39 is 0 Å². The van der Waals surface area contributed by atoms with Gasteiger partial charge in [0, 0.05) is 37.3 Å². The van der Waals surface area contributed by atoms with Gasteiger partial charge in [0.05, 0.1) is 18.2 Å². The predicted molar refractivity (Wildman–Crippen MR) is 116 cm³/mol. The summed E-state index contributed by atoms with van der Waals surface area (Å²) in [6.07, 6.45) is 3.60. The average Bonchev–Trinajstić information content (AvgIpc) is 3.35. The van der Waals surface area contributed by atoms with E-state index in [2.05, 4.69) is 72.4 Å². The number of aromatic amines is 1. The number of nitrogens with one attached hydrogen (secondary N) is 1. The van der Waals surface area contributed by atoms with Crippen LogP contribution < -0.4 is 9.80 Å². The fourth-order valence-corrected chi connectivity index (χ4v) is 3.78. The molecular weight excluding hydrogens is 360 g/mol. The van der Waals surface area contributed by atoms with Gasteiger partial charge in [0.1, 0.15) is 5.82 Å². The van der Waals surface area contributed by atoms with Gasteiger partial charge in [-0.2, -0.15) is 0 Å². The Bertz CT molecular complexity index is 1060. The molecule has 0 aliphatic carbocycles. The lowest BCUT2D eigenvalue weighted by molar-refractivity contribution is 0.640. The van der Waals surface area contributed by atoms with Crippen molar-refractivity contribution in [2.24, 2.45) is 0 Å². The Morgan fingerprint density at radius 1 is 0.724 bits per heavy atom. The number of nitrogens with zero attached hydrogens (tertiary/aromatic N) is 5. The number of rotatable bonds is 4. The zero-order chi connectivity index (χ0) is 19.5. The second-order valence-corrected chi connectivity index (χ2v) is 7.11. The lowest BCUT2D eigenvalue weighted by atomic mass is 10.0. The summed E-state index contributed by atoms with van der Waals surface area (Å²) in [7, 11) is 0. The Labute approximate surface area is 169 Å². The summed E-state index contributed by atoms with van der Waals surface area (Å²) >= 11 is 0. The maximum absolute atomic E-state index is 4.68. The molecule has 6 heteroatoms. The number of hydrogen-bond acceptors (Lipinski definition) is 5. The highest BCUT2D eigenvalue weighted by Crippen LogP contribution is 2.32. The van der Waals surface area contributed by atoms with Crippen molar-refractivity contribution in [3.8, 4) is 22.4 Å². The fraction of sp³-hybridized carbons (Fsp3) is 0.174. The molecule has 4 aromatic rings. The first-order chi connectivity index (χ1) is 14.4. The number of aromatic nitrogens is 4. The summed E-state index contributed by atoms with van der Waals surface area (Å²) in [5.41, 5.74) is 4.25. The third-order valence-electron chi connectivity index (χ3n) is 5.33. The number of H-pyrrole nitrogens is 1. The quantitative estimate of drug-likeness (QED) is 0.581. The van der Waals surface area contributed by atoms with E-state index in [-0.39, 0.29) is 0 Å². The molecule has 5 rings (SSSR count). The van der Waals surface area contributed by atoms with E-state index in [0.29, 0.717) is 0 Å². The highest BCUT2D eigenvalue weighted by Gasteiger charge is 2.22. The largest absolute Gasteiger partial charge is 0.353 e. The van der Waals surface area contributed by atoms with E-state index in [1.54, 1.807) is 6.33 Å². The van der Waals surface area contributed by atoms with Crippen LogP contribution in [-0.2, 0) is 0 Å². The molecule has 0 saturated carbocycles. The summed E-state index contributed by atoms with van der Waals surface area (Å²) in [4.78, 5) is 12.0. The number of benzene rings is 2. The molecule has 29 heavy (non-hydrogen) atoms. The monoisotopic (exact) mass is 382 g/mol. The van der Waals surface area contributed by atoms with E-state index in [1.165, 1.54) is 0 Å².